The number of halogens is 1. The van der Waals surface area contributed by atoms with Gasteiger partial charge in [0.2, 0.25) is 21.8 Å². The Morgan fingerprint density at radius 3 is 2.27 bits per heavy atom. The van der Waals surface area contributed by atoms with Gasteiger partial charge in [-0.25, -0.2) is 8.42 Å². The Balaban J connectivity index is 2.05. The molecule has 0 bridgehead atoms. The van der Waals surface area contributed by atoms with Crippen molar-refractivity contribution in [3.05, 3.63) is 105 Å². The van der Waals surface area contributed by atoms with Crippen LogP contribution in [0.1, 0.15) is 24.5 Å². The van der Waals surface area contributed by atoms with Crippen molar-refractivity contribution in [2.24, 2.45) is 0 Å². The maximum atomic E-state index is 14.0. The van der Waals surface area contributed by atoms with Gasteiger partial charge in [-0.15, -0.1) is 0 Å². The first-order valence-corrected chi connectivity index (χ1v) is 14.8. The molecule has 1 atom stereocenters. The number of non-ortho nitro benzene ring substituents is 1. The van der Waals surface area contributed by atoms with Crippen LogP contribution in [0.2, 0.25) is 5.02 Å². The van der Waals surface area contributed by atoms with Crippen molar-refractivity contribution >= 4 is 44.8 Å². The molecule has 3 aromatic carbocycles. The van der Waals surface area contributed by atoms with E-state index in [9.17, 15) is 28.1 Å². The highest BCUT2D eigenvalue weighted by Crippen LogP contribution is 2.24. The number of carbonyl (C=O) groups excluding carboxylic acids is 2. The molecule has 3 aromatic rings. The molecule has 0 aliphatic carbocycles. The molecular weight excluding hydrogens is 556 g/mol. The average molecular weight is 587 g/mol. The molecule has 40 heavy (non-hydrogen) atoms. The van der Waals surface area contributed by atoms with E-state index in [2.05, 4.69) is 5.32 Å². The van der Waals surface area contributed by atoms with Crippen molar-refractivity contribution in [2.45, 2.75) is 32.4 Å². The molecule has 1 N–H and O–H groups in total. The first kappa shape index (κ1) is 30.6. The van der Waals surface area contributed by atoms with E-state index in [0.717, 1.165) is 22.2 Å². The highest BCUT2D eigenvalue weighted by Gasteiger charge is 2.33. The summed E-state index contributed by atoms with van der Waals surface area (Å²) >= 11 is 6.04. The lowest BCUT2D eigenvalue weighted by molar-refractivity contribution is -0.384. The molecule has 0 aliphatic rings. The molecule has 10 nitrogen and oxygen atoms in total. The van der Waals surface area contributed by atoms with Gasteiger partial charge in [0.15, 0.2) is 0 Å². The summed E-state index contributed by atoms with van der Waals surface area (Å²) < 4.78 is 26.4. The summed E-state index contributed by atoms with van der Waals surface area (Å²) in [5.41, 5.74) is 1.14. The van der Waals surface area contributed by atoms with Crippen LogP contribution in [0.4, 0.5) is 11.4 Å². The summed E-state index contributed by atoms with van der Waals surface area (Å²) in [6, 6.07) is 20.0. The maximum absolute atomic E-state index is 14.0. The summed E-state index contributed by atoms with van der Waals surface area (Å²) in [7, 11) is -4.04. The van der Waals surface area contributed by atoms with E-state index in [1.54, 1.807) is 24.3 Å². The van der Waals surface area contributed by atoms with Crippen LogP contribution in [-0.2, 0) is 32.6 Å². The summed E-state index contributed by atoms with van der Waals surface area (Å²) in [4.78, 5) is 39.4. The van der Waals surface area contributed by atoms with Gasteiger partial charge in [0, 0.05) is 36.7 Å². The number of carbonyl (C=O) groups is 2. The van der Waals surface area contributed by atoms with Gasteiger partial charge < -0.3 is 10.2 Å². The zero-order chi connectivity index (χ0) is 29.3. The normalized spacial score (nSPS) is 11.9. The average Bonchev–Trinajstić information content (AvgIpc) is 2.93. The van der Waals surface area contributed by atoms with Gasteiger partial charge >= 0.3 is 0 Å². The number of hydrogen-bond acceptors (Lipinski definition) is 6. The largest absolute Gasteiger partial charge is 0.354 e. The fraction of sp³-hybridized carbons (Fsp3) is 0.286. The first-order valence-electron chi connectivity index (χ1n) is 12.6. The molecule has 0 spiro atoms. The van der Waals surface area contributed by atoms with Gasteiger partial charge in [-0.2, -0.15) is 0 Å². The Morgan fingerprint density at radius 1 is 1.00 bits per heavy atom. The molecule has 0 radical (unpaired) electrons. The lowest BCUT2D eigenvalue weighted by atomic mass is 10.0. The molecule has 2 amide bonds. The van der Waals surface area contributed by atoms with Gasteiger partial charge in [-0.05, 0) is 35.7 Å². The molecule has 0 saturated heterocycles. The molecule has 0 aromatic heterocycles. The number of nitro benzene ring substituents is 1. The van der Waals surface area contributed by atoms with Crippen molar-refractivity contribution in [3.63, 3.8) is 0 Å². The lowest BCUT2D eigenvalue weighted by Gasteiger charge is -2.33. The van der Waals surface area contributed by atoms with Crippen molar-refractivity contribution in [1.82, 2.24) is 10.2 Å². The number of amides is 2. The SMILES string of the molecule is CCCNC(=O)[C@H](Cc1ccccc1)N(Cc1ccc(Cl)cc1)C(=O)CN(c1cccc([N+](=O)[O-])c1)S(C)(=O)=O. The van der Waals surface area contributed by atoms with Crippen LogP contribution in [-0.4, -0.2) is 55.4 Å². The van der Waals surface area contributed by atoms with Gasteiger partial charge in [-0.3, -0.25) is 24.0 Å². The molecule has 0 fully saturated rings. The molecule has 0 heterocycles. The zero-order valence-corrected chi connectivity index (χ0v) is 23.8. The molecule has 12 heteroatoms. The predicted molar refractivity (Wildman–Crippen MR) is 155 cm³/mol. The second-order valence-electron chi connectivity index (χ2n) is 9.19. The van der Waals surface area contributed by atoms with E-state index >= 15 is 0 Å². The number of rotatable bonds is 13. The summed E-state index contributed by atoms with van der Waals surface area (Å²) in [6.45, 7) is 1.64. The molecule has 3 rings (SSSR count). The third kappa shape index (κ3) is 8.52. The Labute approximate surface area is 238 Å². The highest BCUT2D eigenvalue weighted by atomic mass is 35.5. The third-order valence-corrected chi connectivity index (χ3v) is 7.49. The Bertz CT molecular complexity index is 1430. The van der Waals surface area contributed by atoms with Crippen molar-refractivity contribution in [2.75, 3.05) is 23.7 Å². The minimum absolute atomic E-state index is 0.000410. The number of benzene rings is 3. The Kier molecular flexibility index (Phi) is 10.6. The zero-order valence-electron chi connectivity index (χ0n) is 22.2. The van der Waals surface area contributed by atoms with Crippen LogP contribution in [0.25, 0.3) is 0 Å². The molecule has 212 valence electrons. The van der Waals surface area contributed by atoms with E-state index in [1.807, 2.05) is 37.3 Å². The fourth-order valence-corrected chi connectivity index (χ4v) is 5.05. The van der Waals surface area contributed by atoms with E-state index in [4.69, 9.17) is 11.6 Å². The Morgan fingerprint density at radius 2 is 1.68 bits per heavy atom. The van der Waals surface area contributed by atoms with Gasteiger partial charge in [0.05, 0.1) is 16.9 Å². The minimum atomic E-state index is -4.04. The van der Waals surface area contributed by atoms with Crippen LogP contribution >= 0.6 is 11.6 Å². The van der Waals surface area contributed by atoms with E-state index < -0.39 is 33.4 Å². The van der Waals surface area contributed by atoms with Crippen molar-refractivity contribution in [3.8, 4) is 0 Å². The van der Waals surface area contributed by atoms with Crippen LogP contribution in [0.15, 0.2) is 78.9 Å². The fourth-order valence-electron chi connectivity index (χ4n) is 4.08. The predicted octanol–water partition coefficient (Wildman–Crippen LogP) is 4.18. The quantitative estimate of drug-likeness (QED) is 0.236. The number of nitrogens with zero attached hydrogens (tertiary/aromatic N) is 3. The van der Waals surface area contributed by atoms with Gasteiger partial charge in [0.1, 0.15) is 12.6 Å². The van der Waals surface area contributed by atoms with Crippen LogP contribution in [0, 0.1) is 10.1 Å². The topological polar surface area (TPSA) is 130 Å². The smallest absolute Gasteiger partial charge is 0.271 e. The van der Waals surface area contributed by atoms with Crippen molar-refractivity contribution in [1.29, 1.82) is 0 Å². The Hall–Kier alpha value is -3.96. The third-order valence-electron chi connectivity index (χ3n) is 6.09. The minimum Gasteiger partial charge on any atom is -0.354 e. The summed E-state index contributed by atoms with van der Waals surface area (Å²) in [5.74, 6) is -1.03. The molecule has 0 saturated carbocycles. The lowest BCUT2D eigenvalue weighted by Crippen LogP contribution is -2.53. The second-order valence-corrected chi connectivity index (χ2v) is 11.5. The number of hydrogen-bond donors (Lipinski definition) is 1. The van der Waals surface area contributed by atoms with E-state index in [1.165, 1.54) is 23.1 Å². The maximum Gasteiger partial charge on any atom is 0.271 e. The summed E-state index contributed by atoms with van der Waals surface area (Å²) in [5, 5.41) is 14.7. The second kappa shape index (κ2) is 13.9. The standard InChI is InChI=1S/C28H31ClN4O6S/c1-3-16-30-28(35)26(17-21-8-5-4-6-9-21)31(19-22-12-14-23(29)15-13-22)27(34)20-32(40(2,38)39)24-10-7-11-25(18-24)33(36)37/h4-15,18,26H,3,16-17,19-20H2,1-2H3,(H,30,35)/t26-/m0/s1. The monoisotopic (exact) mass is 586 g/mol. The van der Waals surface area contributed by atoms with Gasteiger partial charge in [0.25, 0.3) is 5.69 Å². The highest BCUT2D eigenvalue weighted by molar-refractivity contribution is 7.92. The van der Waals surface area contributed by atoms with Crippen molar-refractivity contribution < 1.29 is 22.9 Å². The van der Waals surface area contributed by atoms with E-state index in [-0.39, 0.29) is 30.2 Å². The number of nitrogens with one attached hydrogen (secondary N) is 1. The van der Waals surface area contributed by atoms with Gasteiger partial charge in [-0.1, -0.05) is 67.1 Å². The number of nitro groups is 1. The van der Waals surface area contributed by atoms with E-state index in [0.29, 0.717) is 23.6 Å². The van der Waals surface area contributed by atoms with Crippen LogP contribution in [0.3, 0.4) is 0 Å². The molecule has 0 unspecified atom stereocenters. The first-order chi connectivity index (χ1) is 19.0. The van der Waals surface area contributed by atoms with Crippen LogP contribution < -0.4 is 9.62 Å². The summed E-state index contributed by atoms with van der Waals surface area (Å²) in [6.07, 6.45) is 1.78. The van der Waals surface area contributed by atoms with Crippen LogP contribution in [0.5, 0.6) is 0 Å². The molecule has 0 aliphatic heterocycles. The molecular formula is C28H31ClN4O6S. The number of sulfonamides is 1. The number of anilines is 1.